The largest absolute Gasteiger partial charge is 0.490 e. The first kappa shape index (κ1) is 9.67. The van der Waals surface area contributed by atoms with Gasteiger partial charge in [0.1, 0.15) is 18.1 Å². The molecule has 0 aliphatic rings. The van der Waals surface area contributed by atoms with Crippen LogP contribution in [0.1, 0.15) is 10.5 Å². The third-order valence-electron chi connectivity index (χ3n) is 1.44. The van der Waals surface area contributed by atoms with Gasteiger partial charge in [-0.15, -0.1) is 0 Å². The van der Waals surface area contributed by atoms with Crippen LogP contribution >= 0.6 is 0 Å². The monoisotopic (exact) mass is 181 g/mol. The molecule has 0 atom stereocenters. The normalized spacial score (nSPS) is 9.62. The number of hydrogen-bond donors (Lipinski definition) is 0. The lowest BCUT2D eigenvalue weighted by Gasteiger charge is -2.03. The molecule has 0 aliphatic carbocycles. The Morgan fingerprint density at radius 2 is 2.31 bits per heavy atom. The van der Waals surface area contributed by atoms with E-state index in [4.69, 9.17) is 9.47 Å². The molecule has 0 bridgehead atoms. The zero-order valence-corrected chi connectivity index (χ0v) is 7.40. The van der Waals surface area contributed by atoms with Crippen LogP contribution in [0.4, 0.5) is 0 Å². The molecule has 0 aromatic carbocycles. The van der Waals surface area contributed by atoms with Crippen molar-refractivity contribution < 1.29 is 14.3 Å². The quantitative estimate of drug-likeness (QED) is 0.500. The number of pyridine rings is 1. The molecule has 4 nitrogen and oxygen atoms in total. The molecule has 0 fully saturated rings. The van der Waals surface area contributed by atoms with Gasteiger partial charge in [0.05, 0.1) is 12.8 Å². The van der Waals surface area contributed by atoms with Crippen molar-refractivity contribution in [3.63, 3.8) is 0 Å². The Morgan fingerprint density at radius 3 is 2.85 bits per heavy atom. The van der Waals surface area contributed by atoms with Crippen LogP contribution in [0.25, 0.3) is 0 Å². The summed E-state index contributed by atoms with van der Waals surface area (Å²) in [6.45, 7) is 1.02. The molecule has 13 heavy (non-hydrogen) atoms. The first-order chi connectivity index (χ1) is 6.36. The van der Waals surface area contributed by atoms with Gasteiger partial charge in [-0.1, -0.05) is 0 Å². The van der Waals surface area contributed by atoms with Gasteiger partial charge in [-0.3, -0.25) is 4.79 Å². The van der Waals surface area contributed by atoms with E-state index >= 15 is 0 Å². The van der Waals surface area contributed by atoms with Crippen LogP contribution in [0.5, 0.6) is 5.75 Å². The fourth-order valence-corrected chi connectivity index (χ4v) is 0.790. The van der Waals surface area contributed by atoms with Crippen molar-refractivity contribution in [2.75, 3.05) is 20.3 Å². The third kappa shape index (κ3) is 3.21. The molecule has 0 unspecified atom stereocenters. The van der Waals surface area contributed by atoms with Gasteiger partial charge in [-0.25, -0.2) is 4.98 Å². The number of carbonyl (C=O) groups is 1. The number of aldehydes is 1. The molecule has 1 aromatic rings. The van der Waals surface area contributed by atoms with Crippen LogP contribution in [-0.2, 0) is 4.74 Å². The van der Waals surface area contributed by atoms with Gasteiger partial charge in [-0.05, 0) is 12.1 Å². The minimum atomic E-state index is 0.402. The molecular formula is C9H11NO3. The molecule has 0 aliphatic heterocycles. The highest BCUT2D eigenvalue weighted by Crippen LogP contribution is 2.07. The zero-order valence-electron chi connectivity index (χ0n) is 7.40. The van der Waals surface area contributed by atoms with Crippen LogP contribution in [0.3, 0.4) is 0 Å². The van der Waals surface area contributed by atoms with Crippen molar-refractivity contribution in [1.29, 1.82) is 0 Å². The number of methoxy groups -OCH3 is 1. The average molecular weight is 181 g/mol. The molecule has 0 saturated heterocycles. The number of carbonyl (C=O) groups excluding carboxylic acids is 1. The van der Waals surface area contributed by atoms with Crippen LogP contribution in [0, 0.1) is 0 Å². The van der Waals surface area contributed by atoms with E-state index in [0.29, 0.717) is 30.9 Å². The van der Waals surface area contributed by atoms with Crippen molar-refractivity contribution in [3.05, 3.63) is 24.0 Å². The lowest BCUT2D eigenvalue weighted by atomic mass is 10.4. The first-order valence-electron chi connectivity index (χ1n) is 3.90. The maximum absolute atomic E-state index is 10.3. The first-order valence-corrected chi connectivity index (χ1v) is 3.90. The number of hydrogen-bond acceptors (Lipinski definition) is 4. The predicted octanol–water partition coefficient (Wildman–Crippen LogP) is 0.919. The zero-order chi connectivity index (χ0) is 9.52. The second-order valence-electron chi connectivity index (χ2n) is 2.38. The number of ether oxygens (including phenoxy) is 2. The number of aromatic nitrogens is 1. The molecule has 70 valence electrons. The summed E-state index contributed by atoms with van der Waals surface area (Å²) in [5.74, 6) is 0.641. The summed E-state index contributed by atoms with van der Waals surface area (Å²) in [5, 5.41) is 0. The average Bonchev–Trinajstić information content (AvgIpc) is 2.19. The van der Waals surface area contributed by atoms with E-state index in [1.54, 1.807) is 19.2 Å². The van der Waals surface area contributed by atoms with Gasteiger partial charge in [0.25, 0.3) is 0 Å². The fourth-order valence-electron chi connectivity index (χ4n) is 0.790. The Kier molecular flexibility index (Phi) is 3.92. The summed E-state index contributed by atoms with van der Waals surface area (Å²) in [7, 11) is 1.61. The number of nitrogens with zero attached hydrogens (tertiary/aromatic N) is 1. The topological polar surface area (TPSA) is 48.4 Å². The summed E-state index contributed by atoms with van der Waals surface area (Å²) < 4.78 is 10.0. The smallest absolute Gasteiger partial charge is 0.168 e. The van der Waals surface area contributed by atoms with Crippen LogP contribution in [-0.4, -0.2) is 31.6 Å². The summed E-state index contributed by atoms with van der Waals surface area (Å²) in [4.78, 5) is 14.1. The Hall–Kier alpha value is -1.42. The molecule has 0 radical (unpaired) electrons. The molecular weight excluding hydrogens is 170 g/mol. The van der Waals surface area contributed by atoms with Crippen LogP contribution in [0.2, 0.25) is 0 Å². The fraction of sp³-hybridized carbons (Fsp3) is 0.333. The Morgan fingerprint density at radius 1 is 1.46 bits per heavy atom. The van der Waals surface area contributed by atoms with Gasteiger partial charge < -0.3 is 9.47 Å². The Bertz CT molecular complexity index is 258. The lowest BCUT2D eigenvalue weighted by Crippen LogP contribution is -2.04. The molecule has 0 spiro atoms. The Balaban J connectivity index is 2.44. The molecule has 0 amide bonds. The van der Waals surface area contributed by atoms with Crippen molar-refractivity contribution in [2.45, 2.75) is 0 Å². The Labute approximate surface area is 76.5 Å². The molecule has 0 N–H and O–H groups in total. The predicted molar refractivity (Wildman–Crippen MR) is 47.0 cm³/mol. The van der Waals surface area contributed by atoms with E-state index in [1.165, 1.54) is 6.20 Å². The number of rotatable bonds is 5. The van der Waals surface area contributed by atoms with Gasteiger partial charge in [-0.2, -0.15) is 0 Å². The summed E-state index contributed by atoms with van der Waals surface area (Å²) in [5.41, 5.74) is 0.402. The summed E-state index contributed by atoms with van der Waals surface area (Å²) >= 11 is 0. The highest BCUT2D eigenvalue weighted by atomic mass is 16.5. The second-order valence-corrected chi connectivity index (χ2v) is 2.38. The van der Waals surface area contributed by atoms with E-state index in [-0.39, 0.29) is 0 Å². The van der Waals surface area contributed by atoms with Gasteiger partial charge in [0.15, 0.2) is 6.29 Å². The van der Waals surface area contributed by atoms with Gasteiger partial charge in [0.2, 0.25) is 0 Å². The minimum absolute atomic E-state index is 0.402. The summed E-state index contributed by atoms with van der Waals surface area (Å²) in [6.07, 6.45) is 2.21. The molecule has 1 rings (SSSR count). The maximum Gasteiger partial charge on any atom is 0.168 e. The van der Waals surface area contributed by atoms with Crippen molar-refractivity contribution in [1.82, 2.24) is 4.98 Å². The minimum Gasteiger partial charge on any atom is -0.490 e. The van der Waals surface area contributed by atoms with Gasteiger partial charge >= 0.3 is 0 Å². The van der Waals surface area contributed by atoms with Crippen molar-refractivity contribution >= 4 is 6.29 Å². The van der Waals surface area contributed by atoms with Crippen LogP contribution in [0.15, 0.2) is 18.3 Å². The van der Waals surface area contributed by atoms with E-state index in [2.05, 4.69) is 4.98 Å². The lowest BCUT2D eigenvalue weighted by molar-refractivity contribution is 0.111. The third-order valence-corrected chi connectivity index (χ3v) is 1.44. The highest BCUT2D eigenvalue weighted by molar-refractivity contribution is 5.71. The molecule has 4 heteroatoms. The van der Waals surface area contributed by atoms with E-state index < -0.39 is 0 Å². The van der Waals surface area contributed by atoms with E-state index in [0.717, 1.165) is 0 Å². The second kappa shape index (κ2) is 5.27. The van der Waals surface area contributed by atoms with E-state index in [1.807, 2.05) is 0 Å². The molecule has 1 aromatic heterocycles. The van der Waals surface area contributed by atoms with E-state index in [9.17, 15) is 4.79 Å². The standard InChI is InChI=1S/C9H11NO3/c1-12-4-5-13-9-3-2-8(7-11)10-6-9/h2-3,6-7H,4-5H2,1H3. The van der Waals surface area contributed by atoms with Gasteiger partial charge in [0, 0.05) is 7.11 Å². The molecule has 0 saturated carbocycles. The summed E-state index contributed by atoms with van der Waals surface area (Å²) in [6, 6.07) is 3.31. The van der Waals surface area contributed by atoms with Crippen molar-refractivity contribution in [2.24, 2.45) is 0 Å². The highest BCUT2D eigenvalue weighted by Gasteiger charge is 1.94. The van der Waals surface area contributed by atoms with Crippen LogP contribution < -0.4 is 4.74 Å². The molecule has 1 heterocycles. The maximum atomic E-state index is 10.3. The van der Waals surface area contributed by atoms with Crippen molar-refractivity contribution in [3.8, 4) is 5.75 Å². The SMILES string of the molecule is COCCOc1ccc(C=O)nc1.